The van der Waals surface area contributed by atoms with Crippen molar-refractivity contribution in [1.82, 2.24) is 19.4 Å². The van der Waals surface area contributed by atoms with E-state index in [1.807, 2.05) is 4.57 Å². The Kier molecular flexibility index (Phi) is 2.83. The molecule has 0 saturated heterocycles. The molecule has 0 atom stereocenters. The van der Waals surface area contributed by atoms with Crippen molar-refractivity contribution >= 4 is 12.2 Å². The Labute approximate surface area is 109 Å². The number of hydrogen-bond donors (Lipinski definition) is 0. The van der Waals surface area contributed by atoms with E-state index in [4.69, 9.17) is 0 Å². The highest BCUT2D eigenvalue weighted by molar-refractivity contribution is 5.92. The number of nitrogens with zero attached hydrogens (tertiary/aromatic N) is 4. The Morgan fingerprint density at radius 2 is 2.16 bits per heavy atom. The van der Waals surface area contributed by atoms with E-state index in [9.17, 15) is 9.59 Å². The van der Waals surface area contributed by atoms with Gasteiger partial charge in [0.1, 0.15) is 11.4 Å². The summed E-state index contributed by atoms with van der Waals surface area (Å²) in [6.45, 7) is 1.63. The molecule has 2 aromatic heterocycles. The van der Waals surface area contributed by atoms with Crippen molar-refractivity contribution < 1.29 is 9.59 Å². The molecule has 0 N–H and O–H groups in total. The first-order chi connectivity index (χ1) is 9.29. The normalized spacial score (nSPS) is 14.0. The lowest BCUT2D eigenvalue weighted by Crippen LogP contribution is -2.38. The first-order valence-corrected chi connectivity index (χ1v) is 5.99. The first kappa shape index (κ1) is 11.6. The van der Waals surface area contributed by atoms with Gasteiger partial charge in [0.25, 0.3) is 5.91 Å². The van der Waals surface area contributed by atoms with Crippen LogP contribution in [0.2, 0.25) is 0 Å². The Morgan fingerprint density at radius 1 is 1.26 bits per heavy atom. The Bertz CT molecular complexity index is 621. The van der Waals surface area contributed by atoms with Gasteiger partial charge in [-0.15, -0.1) is 0 Å². The molecule has 0 radical (unpaired) electrons. The molecule has 0 saturated carbocycles. The zero-order chi connectivity index (χ0) is 13.2. The van der Waals surface area contributed by atoms with Gasteiger partial charge < -0.3 is 9.47 Å². The number of aromatic nitrogens is 3. The predicted octanol–water partition coefficient (Wildman–Crippen LogP) is 0.747. The van der Waals surface area contributed by atoms with Crippen LogP contribution in [0, 0.1) is 0 Å². The highest BCUT2D eigenvalue weighted by Gasteiger charge is 2.24. The first-order valence-electron chi connectivity index (χ1n) is 5.99. The fraction of sp³-hybridized carbons (Fsp3) is 0.231. The van der Waals surface area contributed by atoms with Crippen molar-refractivity contribution in [2.75, 3.05) is 6.54 Å². The van der Waals surface area contributed by atoms with Gasteiger partial charge in [-0.05, 0) is 12.1 Å². The van der Waals surface area contributed by atoms with Gasteiger partial charge in [-0.1, -0.05) is 6.07 Å². The molecule has 96 valence electrons. The van der Waals surface area contributed by atoms with E-state index >= 15 is 0 Å². The minimum absolute atomic E-state index is 0.120. The smallest absolute Gasteiger partial charge is 0.272 e. The Morgan fingerprint density at radius 3 is 2.89 bits per heavy atom. The number of carbonyl (C=O) groups excluding carboxylic acids is 2. The summed E-state index contributed by atoms with van der Waals surface area (Å²) in [6, 6.07) is 5.24. The average Bonchev–Trinajstić information content (AvgIpc) is 2.89. The lowest BCUT2D eigenvalue weighted by atomic mass is 10.2. The van der Waals surface area contributed by atoms with Gasteiger partial charge in [-0.25, -0.2) is 4.98 Å². The van der Waals surface area contributed by atoms with Gasteiger partial charge in [0.2, 0.25) is 0 Å². The molecule has 0 fully saturated rings. The summed E-state index contributed by atoms with van der Waals surface area (Å²) in [4.78, 5) is 32.9. The monoisotopic (exact) mass is 256 g/mol. The molecule has 1 aliphatic rings. The van der Waals surface area contributed by atoms with Gasteiger partial charge in [-0.2, -0.15) is 0 Å². The van der Waals surface area contributed by atoms with Crippen LogP contribution < -0.4 is 0 Å². The zero-order valence-corrected chi connectivity index (χ0v) is 10.2. The second-order valence-electron chi connectivity index (χ2n) is 4.33. The number of fused-ring (bicyclic) bond motifs is 1. The van der Waals surface area contributed by atoms with E-state index in [1.165, 1.54) is 0 Å². The summed E-state index contributed by atoms with van der Waals surface area (Å²) >= 11 is 0. The summed E-state index contributed by atoms with van der Waals surface area (Å²) in [6.07, 6.45) is 3.96. The number of rotatable bonds is 2. The molecule has 6 nitrogen and oxygen atoms in total. The third kappa shape index (κ3) is 2.01. The fourth-order valence-corrected chi connectivity index (χ4v) is 2.20. The quantitative estimate of drug-likeness (QED) is 0.743. The fourth-order valence-electron chi connectivity index (χ4n) is 2.20. The van der Waals surface area contributed by atoms with E-state index in [2.05, 4.69) is 9.97 Å². The van der Waals surface area contributed by atoms with Crippen LogP contribution in [0.3, 0.4) is 0 Å². The van der Waals surface area contributed by atoms with E-state index in [0.29, 0.717) is 31.0 Å². The lowest BCUT2D eigenvalue weighted by molar-refractivity contribution is 0.0703. The average molecular weight is 256 g/mol. The maximum absolute atomic E-state index is 12.3. The zero-order valence-electron chi connectivity index (χ0n) is 10.2. The SMILES string of the molecule is O=Cc1ncn2c1CN(C(=O)c1ccccn1)CC2. The summed E-state index contributed by atoms with van der Waals surface area (Å²) in [7, 11) is 0. The van der Waals surface area contributed by atoms with Crippen molar-refractivity contribution in [3.05, 3.63) is 47.8 Å². The molecular weight excluding hydrogens is 244 g/mol. The van der Waals surface area contributed by atoms with Crippen molar-refractivity contribution in [2.45, 2.75) is 13.1 Å². The minimum atomic E-state index is -0.120. The molecule has 1 amide bonds. The number of carbonyl (C=O) groups is 2. The Balaban J connectivity index is 1.86. The van der Waals surface area contributed by atoms with Gasteiger partial charge in [-0.3, -0.25) is 14.6 Å². The molecule has 0 spiro atoms. The van der Waals surface area contributed by atoms with Crippen LogP contribution >= 0.6 is 0 Å². The molecule has 0 aromatic carbocycles. The second-order valence-corrected chi connectivity index (χ2v) is 4.33. The van der Waals surface area contributed by atoms with Crippen LogP contribution in [-0.4, -0.2) is 38.2 Å². The number of pyridine rings is 1. The minimum Gasteiger partial charge on any atom is -0.331 e. The van der Waals surface area contributed by atoms with Crippen LogP contribution in [0.1, 0.15) is 26.7 Å². The lowest BCUT2D eigenvalue weighted by Gasteiger charge is -2.28. The van der Waals surface area contributed by atoms with Crippen molar-refractivity contribution in [1.29, 1.82) is 0 Å². The van der Waals surface area contributed by atoms with E-state index in [0.717, 1.165) is 12.0 Å². The summed E-state index contributed by atoms with van der Waals surface area (Å²) in [5.74, 6) is -0.120. The maximum atomic E-state index is 12.3. The van der Waals surface area contributed by atoms with Crippen molar-refractivity contribution in [3.63, 3.8) is 0 Å². The molecular formula is C13H12N4O2. The van der Waals surface area contributed by atoms with Gasteiger partial charge in [0.15, 0.2) is 6.29 Å². The van der Waals surface area contributed by atoms with E-state index < -0.39 is 0 Å². The van der Waals surface area contributed by atoms with Gasteiger partial charge in [0, 0.05) is 19.3 Å². The number of imidazole rings is 1. The third-order valence-corrected chi connectivity index (χ3v) is 3.21. The maximum Gasteiger partial charge on any atom is 0.272 e. The van der Waals surface area contributed by atoms with Crippen LogP contribution in [0.25, 0.3) is 0 Å². The van der Waals surface area contributed by atoms with Gasteiger partial charge >= 0.3 is 0 Å². The second kappa shape index (κ2) is 4.64. The van der Waals surface area contributed by atoms with Crippen LogP contribution in [0.4, 0.5) is 0 Å². The highest BCUT2D eigenvalue weighted by Crippen LogP contribution is 2.16. The van der Waals surface area contributed by atoms with Crippen LogP contribution in [0.15, 0.2) is 30.7 Å². The van der Waals surface area contributed by atoms with Crippen LogP contribution in [-0.2, 0) is 13.1 Å². The summed E-state index contributed by atoms with van der Waals surface area (Å²) in [5.41, 5.74) is 1.60. The number of amides is 1. The molecule has 2 aromatic rings. The van der Waals surface area contributed by atoms with Crippen molar-refractivity contribution in [3.8, 4) is 0 Å². The number of aldehydes is 1. The van der Waals surface area contributed by atoms with Crippen LogP contribution in [0.5, 0.6) is 0 Å². The van der Waals surface area contributed by atoms with Crippen molar-refractivity contribution in [2.24, 2.45) is 0 Å². The number of hydrogen-bond acceptors (Lipinski definition) is 4. The van der Waals surface area contributed by atoms with E-state index in [-0.39, 0.29) is 5.91 Å². The predicted molar refractivity (Wildman–Crippen MR) is 66.6 cm³/mol. The molecule has 19 heavy (non-hydrogen) atoms. The van der Waals surface area contributed by atoms with Gasteiger partial charge in [0.05, 0.1) is 18.6 Å². The molecule has 1 aliphatic heterocycles. The Hall–Kier alpha value is -2.50. The molecule has 0 bridgehead atoms. The molecule has 0 unspecified atom stereocenters. The third-order valence-electron chi connectivity index (χ3n) is 3.21. The standard InChI is InChI=1S/C13H12N4O2/c18-8-11-12-7-16(5-6-17(12)9-15-11)13(19)10-3-1-2-4-14-10/h1-4,8-9H,5-7H2. The molecule has 3 heterocycles. The summed E-state index contributed by atoms with van der Waals surface area (Å²) in [5, 5.41) is 0. The molecule has 6 heteroatoms. The molecule has 3 rings (SSSR count). The molecule has 0 aliphatic carbocycles. The summed E-state index contributed by atoms with van der Waals surface area (Å²) < 4.78 is 1.91. The topological polar surface area (TPSA) is 68.1 Å². The highest BCUT2D eigenvalue weighted by atomic mass is 16.2. The van der Waals surface area contributed by atoms with E-state index in [1.54, 1.807) is 35.6 Å². The largest absolute Gasteiger partial charge is 0.331 e.